The van der Waals surface area contributed by atoms with Gasteiger partial charge in [-0.2, -0.15) is 0 Å². The Balaban J connectivity index is 2.78. The summed E-state index contributed by atoms with van der Waals surface area (Å²) in [6.07, 6.45) is 7.14. The Morgan fingerprint density at radius 2 is 1.94 bits per heavy atom. The van der Waals surface area contributed by atoms with Crippen molar-refractivity contribution in [2.75, 3.05) is 11.9 Å². The summed E-state index contributed by atoms with van der Waals surface area (Å²) in [6.45, 7) is 4.11. The minimum absolute atomic E-state index is 0.785. The first-order valence-electron chi connectivity index (χ1n) is 5.79. The maximum atomic E-state index is 10.2. The molecule has 17 heavy (non-hydrogen) atoms. The van der Waals surface area contributed by atoms with Gasteiger partial charge in [0.05, 0.1) is 0 Å². The molecule has 2 heteroatoms. The van der Waals surface area contributed by atoms with Crippen LogP contribution in [0.2, 0.25) is 0 Å². The highest BCUT2D eigenvalue weighted by atomic mass is 16.1. The van der Waals surface area contributed by atoms with Crippen LogP contribution in [0.3, 0.4) is 0 Å². The molecule has 0 radical (unpaired) electrons. The van der Waals surface area contributed by atoms with Crippen molar-refractivity contribution >= 4 is 12.0 Å². The van der Waals surface area contributed by atoms with Gasteiger partial charge in [-0.3, -0.25) is 4.79 Å². The lowest BCUT2D eigenvalue weighted by Crippen LogP contribution is -2.08. The van der Waals surface area contributed by atoms with Gasteiger partial charge in [0.15, 0.2) is 0 Å². The van der Waals surface area contributed by atoms with E-state index in [0.717, 1.165) is 24.0 Å². The number of nitrogens with zero attached hydrogens (tertiary/aromatic N) is 1. The van der Waals surface area contributed by atoms with Crippen LogP contribution in [0.25, 0.3) is 0 Å². The fourth-order valence-electron chi connectivity index (χ4n) is 1.58. The van der Waals surface area contributed by atoms with E-state index >= 15 is 0 Å². The summed E-state index contributed by atoms with van der Waals surface area (Å²) in [5.41, 5.74) is 3.52. The number of aryl methyl sites for hydroxylation is 1. The summed E-state index contributed by atoms with van der Waals surface area (Å²) in [5.74, 6) is 0. The van der Waals surface area contributed by atoms with Crippen molar-refractivity contribution in [2.45, 2.75) is 20.3 Å². The molecule has 0 aliphatic carbocycles. The Hall–Kier alpha value is -1.83. The quantitative estimate of drug-likeness (QED) is 0.438. The Morgan fingerprint density at radius 1 is 1.29 bits per heavy atom. The van der Waals surface area contributed by atoms with E-state index in [1.807, 2.05) is 25.1 Å². The van der Waals surface area contributed by atoms with E-state index in [9.17, 15) is 4.79 Å². The van der Waals surface area contributed by atoms with E-state index in [4.69, 9.17) is 0 Å². The minimum Gasteiger partial charge on any atom is -0.351 e. The van der Waals surface area contributed by atoms with Crippen LogP contribution in [0.4, 0.5) is 5.69 Å². The summed E-state index contributed by atoms with van der Waals surface area (Å²) in [7, 11) is 2.00. The van der Waals surface area contributed by atoms with E-state index < -0.39 is 0 Å². The third-order valence-electron chi connectivity index (χ3n) is 2.59. The molecule has 0 aliphatic rings. The second-order valence-electron chi connectivity index (χ2n) is 4.00. The SMILES string of the molecule is CCc1ccc(N(C)C=C(C)C=CC=O)cc1. The van der Waals surface area contributed by atoms with Gasteiger partial charge in [0, 0.05) is 18.9 Å². The topological polar surface area (TPSA) is 20.3 Å². The zero-order valence-corrected chi connectivity index (χ0v) is 10.7. The number of hydrogen-bond acceptors (Lipinski definition) is 2. The van der Waals surface area contributed by atoms with Gasteiger partial charge >= 0.3 is 0 Å². The van der Waals surface area contributed by atoms with Crippen LogP contribution < -0.4 is 4.90 Å². The van der Waals surface area contributed by atoms with Crippen LogP contribution in [0.15, 0.2) is 48.2 Å². The molecule has 1 aromatic rings. The molecule has 0 fully saturated rings. The standard InChI is InChI=1S/C15H19NO/c1-4-14-7-9-15(10-8-14)16(3)12-13(2)6-5-11-17/h5-12H,4H2,1-3H3. The van der Waals surface area contributed by atoms with Gasteiger partial charge < -0.3 is 4.90 Å². The zero-order chi connectivity index (χ0) is 12.7. The molecule has 0 heterocycles. The van der Waals surface area contributed by atoms with Gasteiger partial charge in [-0.15, -0.1) is 0 Å². The Labute approximate surface area is 103 Å². The summed E-state index contributed by atoms with van der Waals surface area (Å²) < 4.78 is 0. The Kier molecular flexibility index (Phi) is 5.21. The van der Waals surface area contributed by atoms with E-state index in [-0.39, 0.29) is 0 Å². The number of carbonyl (C=O) groups excluding carboxylic acids is 1. The molecule has 0 N–H and O–H groups in total. The first kappa shape index (κ1) is 13.2. The molecule has 0 amide bonds. The lowest BCUT2D eigenvalue weighted by atomic mass is 10.1. The number of rotatable bonds is 5. The molecule has 0 bridgehead atoms. The van der Waals surface area contributed by atoms with Crippen molar-refractivity contribution in [2.24, 2.45) is 0 Å². The van der Waals surface area contributed by atoms with Crippen molar-refractivity contribution < 1.29 is 4.79 Å². The van der Waals surface area contributed by atoms with Gasteiger partial charge in [-0.1, -0.05) is 25.1 Å². The average molecular weight is 229 g/mol. The van der Waals surface area contributed by atoms with E-state index in [2.05, 4.69) is 31.2 Å². The third kappa shape index (κ3) is 4.27. The van der Waals surface area contributed by atoms with Crippen molar-refractivity contribution in [1.82, 2.24) is 0 Å². The van der Waals surface area contributed by atoms with Crippen LogP contribution in [-0.2, 0) is 11.2 Å². The number of benzene rings is 1. The minimum atomic E-state index is 0.785. The molecular formula is C15H19NO. The number of hydrogen-bond donors (Lipinski definition) is 0. The van der Waals surface area contributed by atoms with Crippen LogP contribution in [0.1, 0.15) is 19.4 Å². The van der Waals surface area contributed by atoms with Gasteiger partial charge in [0.2, 0.25) is 0 Å². The molecule has 0 spiro atoms. The number of carbonyl (C=O) groups is 1. The van der Waals surface area contributed by atoms with Crippen LogP contribution >= 0.6 is 0 Å². The highest BCUT2D eigenvalue weighted by Crippen LogP contribution is 2.15. The number of anilines is 1. The Morgan fingerprint density at radius 3 is 2.47 bits per heavy atom. The summed E-state index contributed by atoms with van der Waals surface area (Å²) in [4.78, 5) is 12.3. The molecule has 1 aromatic carbocycles. The molecular weight excluding hydrogens is 210 g/mol. The maximum Gasteiger partial charge on any atom is 0.142 e. The normalized spacial score (nSPS) is 11.8. The maximum absolute atomic E-state index is 10.2. The molecule has 0 atom stereocenters. The van der Waals surface area contributed by atoms with Crippen LogP contribution in [-0.4, -0.2) is 13.3 Å². The molecule has 0 saturated carbocycles. The van der Waals surface area contributed by atoms with E-state index in [0.29, 0.717) is 0 Å². The third-order valence-corrected chi connectivity index (χ3v) is 2.59. The van der Waals surface area contributed by atoms with Crippen molar-refractivity contribution in [3.05, 3.63) is 53.8 Å². The predicted molar refractivity (Wildman–Crippen MR) is 73.2 cm³/mol. The van der Waals surface area contributed by atoms with Crippen molar-refractivity contribution in [3.63, 3.8) is 0 Å². The summed E-state index contributed by atoms with van der Waals surface area (Å²) in [5, 5.41) is 0. The molecule has 2 nitrogen and oxygen atoms in total. The van der Waals surface area contributed by atoms with Gasteiger partial charge in [0.1, 0.15) is 6.29 Å². The van der Waals surface area contributed by atoms with E-state index in [1.165, 1.54) is 11.6 Å². The largest absolute Gasteiger partial charge is 0.351 e. The van der Waals surface area contributed by atoms with Crippen LogP contribution in [0, 0.1) is 0 Å². The van der Waals surface area contributed by atoms with Crippen LogP contribution in [0.5, 0.6) is 0 Å². The fraction of sp³-hybridized carbons (Fsp3) is 0.267. The number of aldehydes is 1. The number of allylic oxidation sites excluding steroid dienone is 3. The molecule has 90 valence electrons. The molecule has 0 aliphatic heterocycles. The zero-order valence-electron chi connectivity index (χ0n) is 10.7. The average Bonchev–Trinajstić information content (AvgIpc) is 2.36. The molecule has 0 aromatic heterocycles. The van der Waals surface area contributed by atoms with Gasteiger partial charge in [-0.25, -0.2) is 0 Å². The van der Waals surface area contributed by atoms with Gasteiger partial charge in [0.25, 0.3) is 0 Å². The first-order chi connectivity index (χ1) is 8.17. The molecule has 1 rings (SSSR count). The van der Waals surface area contributed by atoms with Gasteiger partial charge in [-0.05, 0) is 42.7 Å². The molecule has 0 saturated heterocycles. The van der Waals surface area contributed by atoms with E-state index in [1.54, 1.807) is 6.08 Å². The highest BCUT2D eigenvalue weighted by Gasteiger charge is 1.97. The monoisotopic (exact) mass is 229 g/mol. The second-order valence-corrected chi connectivity index (χ2v) is 4.00. The fourth-order valence-corrected chi connectivity index (χ4v) is 1.58. The lowest BCUT2D eigenvalue weighted by Gasteiger charge is -2.15. The second kappa shape index (κ2) is 6.69. The molecule has 0 unspecified atom stereocenters. The lowest BCUT2D eigenvalue weighted by molar-refractivity contribution is -0.104. The summed E-state index contributed by atoms with van der Waals surface area (Å²) >= 11 is 0. The van der Waals surface area contributed by atoms with Crippen molar-refractivity contribution in [1.29, 1.82) is 0 Å². The van der Waals surface area contributed by atoms with Crippen molar-refractivity contribution in [3.8, 4) is 0 Å². The smallest absolute Gasteiger partial charge is 0.142 e. The highest BCUT2D eigenvalue weighted by molar-refractivity contribution is 5.65. The first-order valence-corrected chi connectivity index (χ1v) is 5.79. The Bertz CT molecular complexity index is 415. The predicted octanol–water partition coefficient (Wildman–Crippen LogP) is 3.34. The summed E-state index contributed by atoms with van der Waals surface area (Å²) in [6, 6.07) is 8.48.